The highest BCUT2D eigenvalue weighted by Crippen LogP contribution is 2.37. The van der Waals surface area contributed by atoms with Crippen LogP contribution in [-0.2, 0) is 16.0 Å². The van der Waals surface area contributed by atoms with E-state index in [9.17, 15) is 9.59 Å². The van der Waals surface area contributed by atoms with Crippen molar-refractivity contribution in [1.29, 1.82) is 0 Å². The molecule has 28 heavy (non-hydrogen) atoms. The second kappa shape index (κ2) is 9.05. The van der Waals surface area contributed by atoms with Crippen molar-refractivity contribution in [2.24, 2.45) is 5.92 Å². The Hall–Kier alpha value is -1.92. The molecule has 2 aliphatic rings. The first kappa shape index (κ1) is 20.8. The molecule has 3 amide bonds. The minimum absolute atomic E-state index is 0.0354. The van der Waals surface area contributed by atoms with Crippen molar-refractivity contribution < 1.29 is 14.3 Å². The molecular weight excluding hydrogens is 354 g/mol. The smallest absolute Gasteiger partial charge is 0.327 e. The molecule has 0 radical (unpaired) electrons. The van der Waals surface area contributed by atoms with Crippen molar-refractivity contribution in [3.05, 3.63) is 35.9 Å². The predicted octanol–water partition coefficient (Wildman–Crippen LogP) is 2.63. The van der Waals surface area contributed by atoms with Gasteiger partial charge in [-0.3, -0.25) is 9.69 Å². The molecule has 154 valence electrons. The van der Waals surface area contributed by atoms with Crippen molar-refractivity contribution in [2.45, 2.75) is 38.6 Å². The summed E-state index contributed by atoms with van der Waals surface area (Å²) in [6.07, 6.45) is 2.18. The molecule has 0 bridgehead atoms. The first-order valence-corrected chi connectivity index (χ1v) is 10.4. The molecule has 1 aromatic rings. The van der Waals surface area contributed by atoms with E-state index in [1.54, 1.807) is 7.11 Å². The number of likely N-dealkylation sites (tertiary alicyclic amines) is 1. The van der Waals surface area contributed by atoms with E-state index in [0.29, 0.717) is 38.5 Å². The van der Waals surface area contributed by atoms with Crippen molar-refractivity contribution in [2.75, 3.05) is 46.4 Å². The molecule has 1 spiro atoms. The molecule has 6 nitrogen and oxygen atoms in total. The first-order chi connectivity index (χ1) is 13.5. The normalized spacial score (nSPS) is 20.0. The van der Waals surface area contributed by atoms with E-state index in [1.807, 2.05) is 23.1 Å². The van der Waals surface area contributed by atoms with Crippen LogP contribution in [0.15, 0.2) is 30.3 Å². The van der Waals surface area contributed by atoms with Gasteiger partial charge in [0.25, 0.3) is 5.91 Å². The highest BCUT2D eigenvalue weighted by atomic mass is 16.5. The summed E-state index contributed by atoms with van der Waals surface area (Å²) in [7, 11) is 1.60. The van der Waals surface area contributed by atoms with Gasteiger partial charge in [-0.25, -0.2) is 4.79 Å². The summed E-state index contributed by atoms with van der Waals surface area (Å²) in [5, 5.41) is 0. The number of rotatable bonds is 8. The molecule has 6 heteroatoms. The number of carbonyl (C=O) groups excluding carboxylic acids is 2. The fourth-order valence-electron chi connectivity index (χ4n) is 4.46. The summed E-state index contributed by atoms with van der Waals surface area (Å²) in [6, 6.07) is 10.0. The van der Waals surface area contributed by atoms with Crippen LogP contribution in [0.1, 0.15) is 32.3 Å². The second-order valence-corrected chi connectivity index (χ2v) is 8.35. The largest absolute Gasteiger partial charge is 0.383 e. The lowest BCUT2D eigenvalue weighted by atomic mass is 9.85. The Morgan fingerprint density at radius 2 is 1.75 bits per heavy atom. The van der Waals surface area contributed by atoms with Crippen molar-refractivity contribution in [3.63, 3.8) is 0 Å². The van der Waals surface area contributed by atoms with E-state index in [0.717, 1.165) is 26.1 Å². The minimum atomic E-state index is -0.687. The lowest BCUT2D eigenvalue weighted by molar-refractivity contribution is -0.136. The summed E-state index contributed by atoms with van der Waals surface area (Å²) in [5.74, 6) is 0.564. The Morgan fingerprint density at radius 1 is 1.07 bits per heavy atom. The van der Waals surface area contributed by atoms with Crippen molar-refractivity contribution in [1.82, 2.24) is 14.7 Å². The molecule has 0 saturated carbocycles. The summed E-state index contributed by atoms with van der Waals surface area (Å²) in [4.78, 5) is 32.2. The van der Waals surface area contributed by atoms with E-state index >= 15 is 0 Å². The number of piperidine rings is 1. The van der Waals surface area contributed by atoms with Crippen molar-refractivity contribution in [3.8, 4) is 0 Å². The molecule has 0 unspecified atom stereocenters. The van der Waals surface area contributed by atoms with Crippen LogP contribution in [0, 0.1) is 5.92 Å². The van der Waals surface area contributed by atoms with E-state index in [-0.39, 0.29) is 11.9 Å². The summed E-state index contributed by atoms with van der Waals surface area (Å²) < 4.78 is 5.13. The summed E-state index contributed by atoms with van der Waals surface area (Å²) >= 11 is 0. The predicted molar refractivity (Wildman–Crippen MR) is 109 cm³/mol. The highest BCUT2D eigenvalue weighted by Gasteiger charge is 2.57. The van der Waals surface area contributed by atoms with E-state index in [4.69, 9.17) is 4.74 Å². The van der Waals surface area contributed by atoms with Gasteiger partial charge in [-0.15, -0.1) is 0 Å². The molecule has 2 saturated heterocycles. The molecule has 1 aromatic carbocycles. The SMILES string of the molecule is COCCN1C(=O)N(CCc2ccccc2)C2(CCN(CC(C)C)CC2)C1=O. The zero-order valence-electron chi connectivity index (χ0n) is 17.4. The average Bonchev–Trinajstić information content (AvgIpc) is 2.87. The fourth-order valence-corrected chi connectivity index (χ4v) is 4.46. The van der Waals surface area contributed by atoms with Crippen molar-refractivity contribution >= 4 is 11.9 Å². The number of methoxy groups -OCH3 is 1. The molecule has 2 aliphatic heterocycles. The summed E-state index contributed by atoms with van der Waals surface area (Å²) in [5.41, 5.74) is 0.498. The Morgan fingerprint density at radius 3 is 2.36 bits per heavy atom. The third kappa shape index (κ3) is 4.23. The zero-order valence-corrected chi connectivity index (χ0v) is 17.4. The van der Waals surface area contributed by atoms with Crippen LogP contribution >= 0.6 is 0 Å². The van der Waals surface area contributed by atoms with Gasteiger partial charge in [-0.05, 0) is 30.7 Å². The molecule has 0 N–H and O–H groups in total. The van der Waals surface area contributed by atoms with E-state index in [2.05, 4.69) is 30.9 Å². The van der Waals surface area contributed by atoms with Gasteiger partial charge >= 0.3 is 6.03 Å². The number of amides is 3. The Labute approximate surface area is 168 Å². The monoisotopic (exact) mass is 387 g/mol. The Balaban J connectivity index is 1.77. The van der Waals surface area contributed by atoms with E-state index < -0.39 is 5.54 Å². The van der Waals surface area contributed by atoms with Gasteiger partial charge < -0.3 is 14.5 Å². The average molecular weight is 388 g/mol. The van der Waals surface area contributed by atoms with Gasteiger partial charge in [0.1, 0.15) is 5.54 Å². The van der Waals surface area contributed by atoms with Crippen LogP contribution in [0.5, 0.6) is 0 Å². The second-order valence-electron chi connectivity index (χ2n) is 8.35. The molecule has 2 heterocycles. The van der Waals surface area contributed by atoms with Crippen LogP contribution < -0.4 is 0 Å². The van der Waals surface area contributed by atoms with E-state index in [1.165, 1.54) is 10.5 Å². The minimum Gasteiger partial charge on any atom is -0.383 e. The first-order valence-electron chi connectivity index (χ1n) is 10.4. The topological polar surface area (TPSA) is 53.1 Å². The molecular formula is C22H33N3O3. The van der Waals surface area contributed by atoms with Gasteiger partial charge in [0, 0.05) is 33.3 Å². The van der Waals surface area contributed by atoms with Crippen LogP contribution in [0.2, 0.25) is 0 Å². The number of nitrogens with zero attached hydrogens (tertiary/aromatic N) is 3. The Bertz CT molecular complexity index is 669. The van der Waals surface area contributed by atoms with Gasteiger partial charge in [0.15, 0.2) is 0 Å². The molecule has 3 rings (SSSR count). The number of imide groups is 1. The summed E-state index contributed by atoms with van der Waals surface area (Å²) in [6.45, 7) is 8.46. The van der Waals surface area contributed by atoms with Crippen LogP contribution in [0.3, 0.4) is 0 Å². The third-order valence-corrected chi connectivity index (χ3v) is 5.91. The molecule has 0 aromatic heterocycles. The van der Waals surface area contributed by atoms with Gasteiger partial charge in [-0.1, -0.05) is 44.2 Å². The number of hydrogen-bond donors (Lipinski definition) is 0. The standard InChI is InChI=1S/C22H33N3O3/c1-18(2)17-23-13-10-22(11-14-23)20(26)24(15-16-28-3)21(27)25(22)12-9-19-7-5-4-6-8-19/h4-8,18H,9-17H2,1-3H3. The maximum Gasteiger partial charge on any atom is 0.327 e. The van der Waals surface area contributed by atoms with Gasteiger partial charge in [-0.2, -0.15) is 0 Å². The molecule has 0 aliphatic carbocycles. The van der Waals surface area contributed by atoms with Gasteiger partial charge in [0.05, 0.1) is 13.2 Å². The number of ether oxygens (including phenoxy) is 1. The number of carbonyl (C=O) groups is 2. The maximum atomic E-state index is 13.3. The lowest BCUT2D eigenvalue weighted by Gasteiger charge is -2.42. The lowest BCUT2D eigenvalue weighted by Crippen LogP contribution is -2.57. The zero-order chi connectivity index (χ0) is 20.1. The number of benzene rings is 1. The van der Waals surface area contributed by atoms with Gasteiger partial charge in [0.2, 0.25) is 0 Å². The quantitative estimate of drug-likeness (QED) is 0.644. The molecule has 0 atom stereocenters. The Kier molecular flexibility index (Phi) is 6.73. The molecule has 2 fully saturated rings. The number of hydrogen-bond acceptors (Lipinski definition) is 4. The highest BCUT2D eigenvalue weighted by molar-refractivity contribution is 6.07. The fraction of sp³-hybridized carbons (Fsp3) is 0.636. The maximum absolute atomic E-state index is 13.3. The third-order valence-electron chi connectivity index (χ3n) is 5.91. The van der Waals surface area contributed by atoms with Crippen LogP contribution in [0.25, 0.3) is 0 Å². The van der Waals surface area contributed by atoms with Crippen LogP contribution in [0.4, 0.5) is 4.79 Å². The number of urea groups is 1. The van der Waals surface area contributed by atoms with Crippen LogP contribution in [-0.4, -0.2) is 78.6 Å².